The van der Waals surface area contributed by atoms with Gasteiger partial charge in [0.05, 0.1) is 11.4 Å². The van der Waals surface area contributed by atoms with Gasteiger partial charge in [0.15, 0.2) is 0 Å². The summed E-state index contributed by atoms with van der Waals surface area (Å²) in [6.45, 7) is 6.60. The van der Waals surface area contributed by atoms with Gasteiger partial charge in [-0.1, -0.05) is 24.3 Å². The molecule has 7 nitrogen and oxygen atoms in total. The van der Waals surface area contributed by atoms with Crippen LogP contribution in [0.5, 0.6) is 0 Å². The Balaban J connectivity index is 1.24. The van der Waals surface area contributed by atoms with Crippen LogP contribution in [0, 0.1) is 13.8 Å². The summed E-state index contributed by atoms with van der Waals surface area (Å²) in [6, 6.07) is 13.4. The highest BCUT2D eigenvalue weighted by Crippen LogP contribution is 2.20. The van der Waals surface area contributed by atoms with E-state index in [-0.39, 0.29) is 12.5 Å². The average Bonchev–Trinajstić information content (AvgIpc) is 3.19. The zero-order valence-corrected chi connectivity index (χ0v) is 19.4. The highest BCUT2D eigenvalue weighted by molar-refractivity contribution is 7.89. The summed E-state index contributed by atoms with van der Waals surface area (Å²) in [7, 11) is -3.51. The molecule has 1 aliphatic heterocycles. The number of H-pyrrole nitrogens is 1. The van der Waals surface area contributed by atoms with Gasteiger partial charge in [-0.2, -0.15) is 4.31 Å². The predicted octanol–water partition coefficient (Wildman–Crippen LogP) is 2.45. The highest BCUT2D eigenvalue weighted by atomic mass is 32.2. The largest absolute Gasteiger partial charge is 0.361 e. The molecule has 1 aromatic heterocycles. The van der Waals surface area contributed by atoms with Crippen LogP contribution >= 0.6 is 0 Å². The maximum atomic E-state index is 13.0. The van der Waals surface area contributed by atoms with Crippen LogP contribution in [0.2, 0.25) is 0 Å². The normalized spacial score (nSPS) is 15.8. The second-order valence-corrected chi connectivity index (χ2v) is 10.3. The van der Waals surface area contributed by atoms with Crippen LogP contribution in [-0.2, 0) is 21.2 Å². The molecule has 32 heavy (non-hydrogen) atoms. The Morgan fingerprint density at radius 1 is 1.03 bits per heavy atom. The second kappa shape index (κ2) is 9.44. The Morgan fingerprint density at radius 3 is 2.53 bits per heavy atom. The quantitative estimate of drug-likeness (QED) is 0.574. The molecular weight excluding hydrogens is 424 g/mol. The summed E-state index contributed by atoms with van der Waals surface area (Å²) in [5, 5.41) is 4.17. The zero-order valence-electron chi connectivity index (χ0n) is 18.6. The molecule has 0 bridgehead atoms. The summed E-state index contributed by atoms with van der Waals surface area (Å²) in [4.78, 5) is 18.0. The van der Waals surface area contributed by atoms with Gasteiger partial charge in [-0.05, 0) is 55.2 Å². The fourth-order valence-electron chi connectivity index (χ4n) is 4.09. The van der Waals surface area contributed by atoms with Crippen molar-refractivity contribution in [3.05, 3.63) is 65.4 Å². The van der Waals surface area contributed by atoms with Crippen molar-refractivity contribution in [3.8, 4) is 0 Å². The standard InChI is InChI=1S/C24H30N4O3S/c1-18-7-8-21(15-19(18)2)32(30,31)28-13-11-27(12-14-28)17-24(29)25-10-9-20-16-26-23-6-4-3-5-22(20)23/h3-8,15-16,26H,9-14,17H2,1-2H3,(H,25,29). The van der Waals surface area contributed by atoms with E-state index < -0.39 is 10.0 Å². The van der Waals surface area contributed by atoms with Crippen LogP contribution in [0.1, 0.15) is 16.7 Å². The predicted molar refractivity (Wildman–Crippen MR) is 126 cm³/mol. The molecule has 0 spiro atoms. The number of carbonyl (C=O) groups excluding carboxylic acids is 1. The molecular formula is C24H30N4O3S. The molecule has 8 heteroatoms. The molecule has 2 N–H and O–H groups in total. The third kappa shape index (κ3) is 4.87. The van der Waals surface area contributed by atoms with Crippen molar-refractivity contribution in [3.63, 3.8) is 0 Å². The van der Waals surface area contributed by atoms with E-state index in [1.165, 1.54) is 15.3 Å². The summed E-state index contributed by atoms with van der Waals surface area (Å²) in [6.07, 6.45) is 2.75. The Kier molecular flexibility index (Phi) is 6.64. The number of hydrogen-bond donors (Lipinski definition) is 2. The Bertz CT molecular complexity index is 1210. The number of nitrogens with one attached hydrogen (secondary N) is 2. The molecule has 2 heterocycles. The zero-order chi connectivity index (χ0) is 22.7. The number of fused-ring (bicyclic) bond motifs is 1. The average molecular weight is 455 g/mol. The van der Waals surface area contributed by atoms with E-state index in [0.717, 1.165) is 23.1 Å². The number of aromatic amines is 1. The molecule has 2 aromatic carbocycles. The summed E-state index contributed by atoms with van der Waals surface area (Å²) in [5.74, 6) is -0.0321. The molecule has 0 unspecified atom stereocenters. The van der Waals surface area contributed by atoms with Crippen LogP contribution in [0.3, 0.4) is 0 Å². The lowest BCUT2D eigenvalue weighted by atomic mass is 10.1. The monoisotopic (exact) mass is 454 g/mol. The van der Waals surface area contributed by atoms with Crippen LogP contribution in [0.25, 0.3) is 10.9 Å². The van der Waals surface area contributed by atoms with Crippen LogP contribution in [0.4, 0.5) is 0 Å². The Labute approximate surface area is 189 Å². The van der Waals surface area contributed by atoms with Crippen molar-refractivity contribution in [1.29, 1.82) is 0 Å². The first-order valence-corrected chi connectivity index (χ1v) is 12.4. The van der Waals surface area contributed by atoms with Crippen LogP contribution in [-0.4, -0.2) is 67.8 Å². The lowest BCUT2D eigenvalue weighted by Gasteiger charge is -2.33. The first kappa shape index (κ1) is 22.5. The highest BCUT2D eigenvalue weighted by Gasteiger charge is 2.29. The van der Waals surface area contributed by atoms with E-state index >= 15 is 0 Å². The number of piperazine rings is 1. The van der Waals surface area contributed by atoms with E-state index in [1.54, 1.807) is 12.1 Å². The fraction of sp³-hybridized carbons (Fsp3) is 0.375. The van der Waals surface area contributed by atoms with Crippen molar-refractivity contribution in [1.82, 2.24) is 19.5 Å². The van der Waals surface area contributed by atoms with Gasteiger partial charge in [0.2, 0.25) is 15.9 Å². The van der Waals surface area contributed by atoms with Crippen molar-refractivity contribution in [2.75, 3.05) is 39.3 Å². The second-order valence-electron chi connectivity index (χ2n) is 8.39. The number of aromatic nitrogens is 1. The van der Waals surface area contributed by atoms with E-state index in [1.807, 2.05) is 49.2 Å². The number of carbonyl (C=O) groups is 1. The number of amides is 1. The SMILES string of the molecule is Cc1ccc(S(=O)(=O)N2CCN(CC(=O)NCCc3c[nH]c4ccccc34)CC2)cc1C. The first-order valence-electron chi connectivity index (χ1n) is 11.0. The lowest BCUT2D eigenvalue weighted by Crippen LogP contribution is -2.51. The molecule has 0 saturated carbocycles. The molecule has 1 amide bonds. The molecule has 0 atom stereocenters. The molecule has 0 aliphatic carbocycles. The summed E-state index contributed by atoms with van der Waals surface area (Å²) >= 11 is 0. The third-order valence-electron chi connectivity index (χ3n) is 6.21. The van der Waals surface area contributed by atoms with Gasteiger partial charge in [-0.3, -0.25) is 9.69 Å². The van der Waals surface area contributed by atoms with E-state index in [0.29, 0.717) is 37.6 Å². The maximum Gasteiger partial charge on any atom is 0.243 e. The topological polar surface area (TPSA) is 85.5 Å². The number of benzene rings is 2. The van der Waals surface area contributed by atoms with Gasteiger partial charge in [0, 0.05) is 49.8 Å². The Morgan fingerprint density at radius 2 is 1.78 bits per heavy atom. The third-order valence-corrected chi connectivity index (χ3v) is 8.10. The van der Waals surface area contributed by atoms with E-state index in [4.69, 9.17) is 0 Å². The van der Waals surface area contributed by atoms with Gasteiger partial charge in [-0.15, -0.1) is 0 Å². The van der Waals surface area contributed by atoms with Gasteiger partial charge in [0.1, 0.15) is 0 Å². The number of hydrogen-bond acceptors (Lipinski definition) is 4. The van der Waals surface area contributed by atoms with Gasteiger partial charge in [0.25, 0.3) is 0 Å². The maximum absolute atomic E-state index is 13.0. The molecule has 4 rings (SSSR count). The Hall–Kier alpha value is -2.68. The van der Waals surface area contributed by atoms with Gasteiger partial charge < -0.3 is 10.3 Å². The number of aryl methyl sites for hydroxylation is 2. The molecule has 3 aromatic rings. The molecule has 170 valence electrons. The number of rotatable bonds is 7. The smallest absolute Gasteiger partial charge is 0.243 e. The van der Waals surface area contributed by atoms with Crippen molar-refractivity contribution >= 4 is 26.8 Å². The minimum atomic E-state index is -3.51. The van der Waals surface area contributed by atoms with E-state index in [2.05, 4.69) is 16.4 Å². The molecule has 1 saturated heterocycles. The summed E-state index contributed by atoms with van der Waals surface area (Å²) in [5.41, 5.74) is 4.33. The van der Waals surface area contributed by atoms with Crippen molar-refractivity contribution < 1.29 is 13.2 Å². The number of para-hydroxylation sites is 1. The van der Waals surface area contributed by atoms with Crippen LogP contribution in [0.15, 0.2) is 53.6 Å². The van der Waals surface area contributed by atoms with Crippen molar-refractivity contribution in [2.24, 2.45) is 0 Å². The van der Waals surface area contributed by atoms with Crippen molar-refractivity contribution in [2.45, 2.75) is 25.2 Å². The minimum Gasteiger partial charge on any atom is -0.361 e. The lowest BCUT2D eigenvalue weighted by molar-refractivity contribution is -0.122. The number of sulfonamides is 1. The molecule has 1 fully saturated rings. The summed E-state index contributed by atoms with van der Waals surface area (Å²) < 4.78 is 27.4. The van der Waals surface area contributed by atoms with Gasteiger partial charge in [-0.25, -0.2) is 8.42 Å². The molecule has 1 aliphatic rings. The molecule has 0 radical (unpaired) electrons. The fourth-order valence-corrected chi connectivity index (χ4v) is 5.59. The van der Waals surface area contributed by atoms with Gasteiger partial charge >= 0.3 is 0 Å². The van der Waals surface area contributed by atoms with E-state index in [9.17, 15) is 13.2 Å². The number of nitrogens with zero attached hydrogens (tertiary/aromatic N) is 2. The van der Waals surface area contributed by atoms with Crippen LogP contribution < -0.4 is 5.32 Å². The first-order chi connectivity index (χ1) is 15.3. The minimum absolute atomic E-state index is 0.0321.